The smallest absolute Gasteiger partial charge is 0.337 e. The molecule has 7 nitrogen and oxygen atoms in total. The maximum Gasteiger partial charge on any atom is 0.337 e. The number of hydrogen-bond donors (Lipinski definition) is 2. The van der Waals surface area contributed by atoms with Gasteiger partial charge in [0, 0.05) is 24.8 Å². The van der Waals surface area contributed by atoms with Gasteiger partial charge in [-0.15, -0.1) is 0 Å². The fourth-order valence-electron chi connectivity index (χ4n) is 2.83. The molecular weight excluding hydrogens is 384 g/mol. The zero-order valence-corrected chi connectivity index (χ0v) is 15.5. The van der Waals surface area contributed by atoms with E-state index in [1.165, 1.54) is 18.2 Å². The van der Waals surface area contributed by atoms with Crippen molar-refractivity contribution in [2.75, 3.05) is 13.2 Å². The number of carboxylic acid groups (broad SMARTS) is 1. The molecule has 2 N–H and O–H groups in total. The Kier molecular flexibility index (Phi) is 6.14. The molecule has 8 heteroatoms. The van der Waals surface area contributed by atoms with Gasteiger partial charge >= 0.3 is 5.97 Å². The van der Waals surface area contributed by atoms with Gasteiger partial charge < -0.3 is 19.6 Å². The Morgan fingerprint density at radius 3 is 2.86 bits per heavy atom. The van der Waals surface area contributed by atoms with Crippen LogP contribution in [0.2, 0.25) is 5.02 Å². The zero-order chi connectivity index (χ0) is 20.1. The number of hydrogen-bond acceptors (Lipinski definition) is 5. The molecule has 0 saturated carbocycles. The number of nitriles is 1. The molecule has 1 saturated heterocycles. The summed E-state index contributed by atoms with van der Waals surface area (Å²) in [7, 11) is 0. The van der Waals surface area contributed by atoms with Gasteiger partial charge in [-0.2, -0.15) is 5.26 Å². The number of nitrogens with zero attached hydrogens (tertiary/aromatic N) is 1. The number of furan rings is 1. The molecular formula is C20H17ClN2O5. The number of nitrogens with one attached hydrogen (secondary N) is 1. The number of aromatic carboxylic acids is 1. The third kappa shape index (κ3) is 4.60. The zero-order valence-electron chi connectivity index (χ0n) is 14.8. The summed E-state index contributed by atoms with van der Waals surface area (Å²) < 4.78 is 11.1. The van der Waals surface area contributed by atoms with Crippen LogP contribution in [-0.2, 0) is 9.53 Å². The number of benzene rings is 1. The van der Waals surface area contributed by atoms with Crippen molar-refractivity contribution in [1.82, 2.24) is 5.32 Å². The molecule has 0 aliphatic carbocycles. The first-order valence-corrected chi connectivity index (χ1v) is 9.00. The molecule has 1 atom stereocenters. The van der Waals surface area contributed by atoms with E-state index in [0.717, 1.165) is 12.8 Å². The van der Waals surface area contributed by atoms with E-state index in [1.54, 1.807) is 18.2 Å². The summed E-state index contributed by atoms with van der Waals surface area (Å²) in [4.78, 5) is 23.4. The molecule has 1 fully saturated rings. The number of ether oxygens (including phenoxy) is 1. The van der Waals surface area contributed by atoms with Crippen LogP contribution in [0.1, 0.15) is 29.0 Å². The molecule has 3 rings (SSSR count). The average Bonchev–Trinajstić information content (AvgIpc) is 3.36. The highest BCUT2D eigenvalue weighted by molar-refractivity contribution is 6.33. The Balaban J connectivity index is 1.74. The lowest BCUT2D eigenvalue weighted by Crippen LogP contribution is -2.32. The molecule has 1 amide bonds. The van der Waals surface area contributed by atoms with Crippen LogP contribution < -0.4 is 5.32 Å². The molecule has 1 aliphatic heterocycles. The van der Waals surface area contributed by atoms with Crippen LogP contribution in [0.3, 0.4) is 0 Å². The van der Waals surface area contributed by atoms with Crippen molar-refractivity contribution in [3.63, 3.8) is 0 Å². The molecule has 0 radical (unpaired) electrons. The minimum atomic E-state index is -1.15. The second kappa shape index (κ2) is 8.74. The number of carbonyl (C=O) groups is 2. The molecule has 1 aromatic carbocycles. The third-order valence-electron chi connectivity index (χ3n) is 4.27. The van der Waals surface area contributed by atoms with E-state index in [1.807, 2.05) is 6.07 Å². The Hall–Kier alpha value is -3.08. The number of carboxylic acids is 1. The highest BCUT2D eigenvalue weighted by Crippen LogP contribution is 2.27. The van der Waals surface area contributed by atoms with Gasteiger partial charge in [-0.1, -0.05) is 11.6 Å². The van der Waals surface area contributed by atoms with Crippen molar-refractivity contribution in [2.24, 2.45) is 0 Å². The minimum absolute atomic E-state index is 0.0209. The van der Waals surface area contributed by atoms with Crippen molar-refractivity contribution in [3.8, 4) is 17.4 Å². The summed E-state index contributed by atoms with van der Waals surface area (Å²) in [6, 6.07) is 9.57. The van der Waals surface area contributed by atoms with Crippen LogP contribution >= 0.6 is 11.6 Å². The minimum Gasteiger partial charge on any atom is -0.478 e. The number of carbonyl (C=O) groups excluding carboxylic acids is 1. The average molecular weight is 401 g/mol. The predicted molar refractivity (Wildman–Crippen MR) is 102 cm³/mol. The molecule has 28 heavy (non-hydrogen) atoms. The summed E-state index contributed by atoms with van der Waals surface area (Å²) in [6.07, 6.45) is 3.16. The topological polar surface area (TPSA) is 113 Å². The van der Waals surface area contributed by atoms with Gasteiger partial charge in [0.1, 0.15) is 23.2 Å². The van der Waals surface area contributed by atoms with Crippen molar-refractivity contribution in [3.05, 3.63) is 52.3 Å². The van der Waals surface area contributed by atoms with E-state index in [2.05, 4.69) is 5.32 Å². The van der Waals surface area contributed by atoms with Gasteiger partial charge in [0.05, 0.1) is 16.7 Å². The van der Waals surface area contributed by atoms with E-state index in [9.17, 15) is 14.9 Å². The van der Waals surface area contributed by atoms with Gasteiger partial charge in [-0.3, -0.25) is 4.79 Å². The van der Waals surface area contributed by atoms with E-state index in [-0.39, 0.29) is 22.3 Å². The molecule has 0 spiro atoms. The molecule has 1 aliphatic rings. The maximum absolute atomic E-state index is 12.2. The van der Waals surface area contributed by atoms with Crippen molar-refractivity contribution >= 4 is 29.6 Å². The van der Waals surface area contributed by atoms with E-state index in [4.69, 9.17) is 25.9 Å². The maximum atomic E-state index is 12.2. The Labute approximate surface area is 166 Å². The number of halogens is 1. The van der Waals surface area contributed by atoms with Gasteiger partial charge in [-0.25, -0.2) is 4.79 Å². The number of rotatable bonds is 6. The van der Waals surface area contributed by atoms with Crippen LogP contribution in [0.15, 0.2) is 40.3 Å². The van der Waals surface area contributed by atoms with Crippen molar-refractivity contribution in [1.29, 1.82) is 5.26 Å². The van der Waals surface area contributed by atoms with E-state index < -0.39 is 11.9 Å². The van der Waals surface area contributed by atoms with E-state index >= 15 is 0 Å². The Morgan fingerprint density at radius 1 is 1.36 bits per heavy atom. The van der Waals surface area contributed by atoms with Crippen LogP contribution in [0, 0.1) is 11.3 Å². The molecule has 144 valence electrons. The summed E-state index contributed by atoms with van der Waals surface area (Å²) >= 11 is 5.87. The molecule has 0 bridgehead atoms. The normalized spacial score (nSPS) is 16.6. The van der Waals surface area contributed by atoms with Crippen LogP contribution in [0.25, 0.3) is 17.4 Å². The van der Waals surface area contributed by atoms with Crippen molar-refractivity contribution in [2.45, 2.75) is 18.9 Å². The lowest BCUT2D eigenvalue weighted by molar-refractivity contribution is -0.117. The largest absolute Gasteiger partial charge is 0.478 e. The fourth-order valence-corrected chi connectivity index (χ4v) is 3.02. The highest BCUT2D eigenvalue weighted by atomic mass is 35.5. The quantitative estimate of drug-likeness (QED) is 0.566. The highest BCUT2D eigenvalue weighted by Gasteiger charge is 2.18. The van der Waals surface area contributed by atoms with Crippen molar-refractivity contribution < 1.29 is 23.8 Å². The summed E-state index contributed by atoms with van der Waals surface area (Å²) in [5.41, 5.74) is 0.378. The summed E-state index contributed by atoms with van der Waals surface area (Å²) in [5, 5.41) is 21.2. The summed E-state index contributed by atoms with van der Waals surface area (Å²) in [5.74, 6) is -0.961. The number of amides is 1. The first-order valence-electron chi connectivity index (χ1n) is 8.62. The SMILES string of the molecule is N#C/C(=C/c1ccc(-c2ccc(Cl)c(C(=O)O)c2)o1)C(=O)NC[C@@H]1CCCO1. The lowest BCUT2D eigenvalue weighted by Gasteiger charge is -2.09. The first kappa shape index (κ1) is 19.7. The second-order valence-electron chi connectivity index (χ2n) is 6.22. The summed E-state index contributed by atoms with van der Waals surface area (Å²) in [6.45, 7) is 1.04. The van der Waals surface area contributed by atoms with E-state index in [0.29, 0.717) is 30.2 Å². The van der Waals surface area contributed by atoms with Crippen LogP contribution in [0.4, 0.5) is 0 Å². The van der Waals surface area contributed by atoms with Gasteiger partial charge in [-0.05, 0) is 43.2 Å². The molecule has 2 aromatic rings. The second-order valence-corrected chi connectivity index (χ2v) is 6.62. The fraction of sp³-hybridized carbons (Fsp3) is 0.250. The van der Waals surface area contributed by atoms with Crippen LogP contribution in [0.5, 0.6) is 0 Å². The Bertz CT molecular complexity index is 967. The van der Waals surface area contributed by atoms with Gasteiger partial charge in [0.15, 0.2) is 0 Å². The molecule has 1 aromatic heterocycles. The lowest BCUT2D eigenvalue weighted by atomic mass is 10.1. The standard InChI is InChI=1S/C20H17ClN2O5/c21-17-5-3-12(9-16(17)20(25)26)18-6-4-14(28-18)8-13(10-22)19(24)23-11-15-2-1-7-27-15/h3-6,8-9,15H,1-2,7,11H2,(H,23,24)(H,25,26)/b13-8-/t15-/m0/s1. The van der Waals surface area contributed by atoms with Gasteiger partial charge in [0.2, 0.25) is 0 Å². The molecule has 2 heterocycles. The Morgan fingerprint density at radius 2 is 2.18 bits per heavy atom. The monoisotopic (exact) mass is 400 g/mol. The first-order chi connectivity index (χ1) is 13.5. The van der Waals surface area contributed by atoms with Gasteiger partial charge in [0.25, 0.3) is 5.91 Å². The van der Waals surface area contributed by atoms with Crippen LogP contribution in [-0.4, -0.2) is 36.2 Å². The third-order valence-corrected chi connectivity index (χ3v) is 4.60. The predicted octanol–water partition coefficient (Wildman–Crippen LogP) is 3.50. The molecule has 0 unspecified atom stereocenters.